The van der Waals surface area contributed by atoms with Crippen molar-refractivity contribution in [1.29, 1.82) is 0 Å². The summed E-state index contributed by atoms with van der Waals surface area (Å²) < 4.78 is 13.4. The Balaban J connectivity index is 2.53. The Kier molecular flexibility index (Phi) is 3.63. The summed E-state index contributed by atoms with van der Waals surface area (Å²) in [5.74, 6) is 0. The van der Waals surface area contributed by atoms with E-state index in [4.69, 9.17) is 0 Å². The van der Waals surface area contributed by atoms with E-state index in [1.165, 1.54) is 6.92 Å². The zero-order chi connectivity index (χ0) is 13.2. The number of halogens is 1. The fourth-order valence-electron chi connectivity index (χ4n) is 2.88. The lowest BCUT2D eigenvalue weighted by Crippen LogP contribution is -2.20. The highest BCUT2D eigenvalue weighted by atomic mass is 19.1. The molecular weight excluding hydrogens is 229 g/mol. The van der Waals surface area contributed by atoms with Crippen LogP contribution in [0.4, 0.5) is 4.39 Å². The van der Waals surface area contributed by atoms with Crippen LogP contribution in [-0.2, 0) is 10.3 Å². The third-order valence-electron chi connectivity index (χ3n) is 3.91. The van der Waals surface area contributed by atoms with Crippen molar-refractivity contribution in [3.8, 4) is 0 Å². The minimum Gasteiger partial charge on any atom is -0.243 e. The molecule has 0 N–H and O–H groups in total. The maximum absolute atomic E-state index is 13.4. The van der Waals surface area contributed by atoms with Crippen LogP contribution in [0.1, 0.15) is 55.5 Å². The van der Waals surface area contributed by atoms with Gasteiger partial charge in [-0.1, -0.05) is 31.0 Å². The van der Waals surface area contributed by atoms with Crippen LogP contribution < -0.4 is 0 Å². The van der Waals surface area contributed by atoms with Crippen molar-refractivity contribution >= 4 is 6.08 Å². The third-order valence-corrected chi connectivity index (χ3v) is 3.91. The monoisotopic (exact) mass is 247 g/mol. The number of carbonyl (C=O) groups excluding carboxylic acids is 1. The van der Waals surface area contributed by atoms with Crippen LogP contribution >= 0.6 is 0 Å². The van der Waals surface area contributed by atoms with E-state index >= 15 is 0 Å². The van der Waals surface area contributed by atoms with Gasteiger partial charge in [0.05, 0.1) is 5.54 Å². The smallest absolute Gasteiger partial charge is 0.235 e. The van der Waals surface area contributed by atoms with Gasteiger partial charge >= 0.3 is 0 Å². The molecule has 1 aromatic rings. The first-order valence-corrected chi connectivity index (χ1v) is 6.43. The number of aryl methyl sites for hydroxylation is 1. The van der Waals surface area contributed by atoms with Gasteiger partial charge in [-0.2, -0.15) is 4.99 Å². The molecule has 96 valence electrons. The molecule has 0 aromatic heterocycles. The molecule has 1 aliphatic carbocycles. The van der Waals surface area contributed by atoms with Gasteiger partial charge in [0.25, 0.3) is 0 Å². The average molecular weight is 247 g/mol. The predicted molar refractivity (Wildman–Crippen MR) is 69.0 cm³/mol. The molecule has 2 rings (SSSR count). The molecule has 2 nitrogen and oxygen atoms in total. The molecule has 0 amide bonds. The van der Waals surface area contributed by atoms with Crippen molar-refractivity contribution in [1.82, 2.24) is 0 Å². The van der Waals surface area contributed by atoms with Gasteiger partial charge in [0.15, 0.2) is 0 Å². The second-order valence-corrected chi connectivity index (χ2v) is 5.13. The molecule has 0 aliphatic heterocycles. The van der Waals surface area contributed by atoms with Crippen LogP contribution in [0.2, 0.25) is 0 Å². The predicted octanol–water partition coefficient (Wildman–Crippen LogP) is 4.13. The lowest BCUT2D eigenvalue weighted by Gasteiger charge is -2.25. The van der Waals surface area contributed by atoms with Crippen molar-refractivity contribution in [2.24, 2.45) is 4.99 Å². The number of nitrogens with zero attached hydrogens (tertiary/aromatic N) is 1. The molecule has 1 saturated carbocycles. The highest BCUT2D eigenvalue weighted by molar-refractivity contribution is 5.43. The fourth-order valence-corrected chi connectivity index (χ4v) is 2.88. The molecule has 0 saturated heterocycles. The molecular formula is C15H18FNO. The molecule has 0 spiro atoms. The molecule has 0 bridgehead atoms. The molecule has 1 unspecified atom stereocenters. The van der Waals surface area contributed by atoms with Crippen molar-refractivity contribution in [2.75, 3.05) is 0 Å². The van der Waals surface area contributed by atoms with Gasteiger partial charge in [0.1, 0.15) is 6.17 Å². The number of isocyanates is 1. The molecule has 0 radical (unpaired) electrons. The average Bonchev–Trinajstić information content (AvgIpc) is 2.79. The van der Waals surface area contributed by atoms with Crippen LogP contribution in [0.25, 0.3) is 0 Å². The van der Waals surface area contributed by atoms with Gasteiger partial charge in [0.2, 0.25) is 6.08 Å². The van der Waals surface area contributed by atoms with Gasteiger partial charge in [-0.3, -0.25) is 0 Å². The summed E-state index contributed by atoms with van der Waals surface area (Å²) in [5.41, 5.74) is 2.25. The van der Waals surface area contributed by atoms with Crippen LogP contribution in [0.15, 0.2) is 23.2 Å². The minimum absolute atomic E-state index is 0.462. The summed E-state index contributed by atoms with van der Waals surface area (Å²) in [6, 6.07) is 5.59. The summed E-state index contributed by atoms with van der Waals surface area (Å²) >= 11 is 0. The van der Waals surface area contributed by atoms with Gasteiger partial charge < -0.3 is 0 Å². The van der Waals surface area contributed by atoms with Crippen molar-refractivity contribution < 1.29 is 9.18 Å². The van der Waals surface area contributed by atoms with E-state index in [2.05, 4.69) is 4.99 Å². The van der Waals surface area contributed by atoms with Crippen LogP contribution in [0.3, 0.4) is 0 Å². The molecule has 0 heterocycles. The number of aliphatic imine (C=N–C) groups is 1. The van der Waals surface area contributed by atoms with Gasteiger partial charge in [0, 0.05) is 0 Å². The first-order chi connectivity index (χ1) is 8.59. The maximum Gasteiger partial charge on any atom is 0.235 e. The van der Waals surface area contributed by atoms with E-state index in [9.17, 15) is 9.18 Å². The summed E-state index contributed by atoms with van der Waals surface area (Å²) in [6.45, 7) is 3.52. The first-order valence-electron chi connectivity index (χ1n) is 6.43. The van der Waals surface area contributed by atoms with Crippen molar-refractivity contribution in [3.63, 3.8) is 0 Å². The van der Waals surface area contributed by atoms with E-state index in [1.807, 2.05) is 19.1 Å². The van der Waals surface area contributed by atoms with Gasteiger partial charge in [-0.05, 0) is 43.4 Å². The zero-order valence-electron chi connectivity index (χ0n) is 10.9. The minimum atomic E-state index is -0.997. The summed E-state index contributed by atoms with van der Waals surface area (Å²) in [7, 11) is 0. The molecule has 1 atom stereocenters. The number of alkyl halides is 1. The van der Waals surface area contributed by atoms with E-state index < -0.39 is 11.7 Å². The van der Waals surface area contributed by atoms with Gasteiger partial charge in [-0.25, -0.2) is 9.18 Å². The van der Waals surface area contributed by atoms with Crippen LogP contribution in [0, 0.1) is 6.92 Å². The Bertz CT molecular complexity index is 483. The summed E-state index contributed by atoms with van der Waals surface area (Å²) in [5, 5.41) is 0. The zero-order valence-corrected chi connectivity index (χ0v) is 10.9. The lowest BCUT2D eigenvalue weighted by molar-refractivity contribution is 0.372. The summed E-state index contributed by atoms with van der Waals surface area (Å²) in [4.78, 5) is 14.8. The second kappa shape index (κ2) is 5.03. The topological polar surface area (TPSA) is 29.4 Å². The second-order valence-electron chi connectivity index (χ2n) is 5.13. The van der Waals surface area contributed by atoms with E-state index in [0.717, 1.165) is 36.8 Å². The molecule has 3 heteroatoms. The Labute approximate surface area is 107 Å². The number of hydrogen-bond donors (Lipinski definition) is 0. The SMILES string of the molecule is Cc1ccc(C(C)F)cc1C1(N=C=O)CCCC1. The maximum atomic E-state index is 13.4. The molecule has 1 aromatic carbocycles. The standard InChI is InChI=1S/C15H18FNO/c1-11-5-6-13(12(2)16)9-14(11)15(17-10-18)7-3-4-8-15/h5-6,9,12H,3-4,7-8H2,1-2H3. The Hall–Kier alpha value is -1.47. The highest BCUT2D eigenvalue weighted by Crippen LogP contribution is 2.44. The Morgan fingerprint density at radius 3 is 2.61 bits per heavy atom. The van der Waals surface area contributed by atoms with Crippen LogP contribution in [0.5, 0.6) is 0 Å². The summed E-state index contributed by atoms with van der Waals surface area (Å²) in [6.07, 6.45) is 4.53. The fraction of sp³-hybridized carbons (Fsp3) is 0.533. The number of benzene rings is 1. The van der Waals surface area contributed by atoms with Crippen molar-refractivity contribution in [2.45, 2.75) is 51.2 Å². The van der Waals surface area contributed by atoms with E-state index in [0.29, 0.717) is 5.56 Å². The first kappa shape index (κ1) is 13.0. The van der Waals surface area contributed by atoms with Gasteiger partial charge in [-0.15, -0.1) is 0 Å². The highest BCUT2D eigenvalue weighted by Gasteiger charge is 2.37. The number of rotatable bonds is 3. The van der Waals surface area contributed by atoms with Crippen molar-refractivity contribution in [3.05, 3.63) is 34.9 Å². The normalized spacial score (nSPS) is 19.3. The quantitative estimate of drug-likeness (QED) is 0.583. The molecule has 1 aliphatic rings. The lowest BCUT2D eigenvalue weighted by atomic mass is 9.84. The molecule has 18 heavy (non-hydrogen) atoms. The van der Waals surface area contributed by atoms with E-state index in [-0.39, 0.29) is 0 Å². The Morgan fingerprint density at radius 1 is 1.39 bits per heavy atom. The molecule has 1 fully saturated rings. The largest absolute Gasteiger partial charge is 0.243 e. The van der Waals surface area contributed by atoms with E-state index in [1.54, 1.807) is 12.1 Å². The Morgan fingerprint density at radius 2 is 2.06 bits per heavy atom. The van der Waals surface area contributed by atoms with Crippen LogP contribution in [-0.4, -0.2) is 6.08 Å². The number of hydrogen-bond acceptors (Lipinski definition) is 2. The third kappa shape index (κ3) is 2.23.